The highest BCUT2D eigenvalue weighted by atomic mass is 19.1. The van der Waals surface area contributed by atoms with Crippen molar-refractivity contribution in [2.75, 3.05) is 31.7 Å². The Bertz CT molecular complexity index is 1320. The number of H-pyrrole nitrogens is 1. The van der Waals surface area contributed by atoms with E-state index in [1.807, 2.05) is 12.1 Å². The number of ether oxygens (including phenoxy) is 3. The normalized spacial score (nSPS) is 15.9. The summed E-state index contributed by atoms with van der Waals surface area (Å²) in [4.78, 5) is 27.7. The zero-order valence-electron chi connectivity index (χ0n) is 18.4. The van der Waals surface area contributed by atoms with Crippen molar-refractivity contribution in [2.24, 2.45) is 0 Å². The number of aromatic nitrogens is 4. The molecule has 5 heterocycles. The smallest absolute Gasteiger partial charge is 0.222 e. The standard InChI is InChI=1S/C24H22FN5O4/c1-14(31)28-20-10-15(5-7-27-20)22-21(17-4-2-3-6-26-17)24-23(30-22)18(11-19(25)29-24)34-13-16-12-32-8-9-33-16/h2-7,10-11,16,30H,8-9,12-13H2,1H3,(H,27,28,31)/t16-/m1/s1. The number of carbonyl (C=O) groups is 1. The summed E-state index contributed by atoms with van der Waals surface area (Å²) in [5.74, 6) is -0.226. The lowest BCUT2D eigenvalue weighted by molar-refractivity contribution is -0.114. The Kier molecular flexibility index (Phi) is 6.15. The number of nitrogens with one attached hydrogen (secondary N) is 2. The highest BCUT2D eigenvalue weighted by molar-refractivity contribution is 6.03. The lowest BCUT2D eigenvalue weighted by Crippen LogP contribution is -2.33. The second-order valence-corrected chi connectivity index (χ2v) is 7.75. The summed E-state index contributed by atoms with van der Waals surface area (Å²) in [6.07, 6.45) is 3.00. The number of halogens is 1. The van der Waals surface area contributed by atoms with Crippen LogP contribution in [0.5, 0.6) is 5.75 Å². The van der Waals surface area contributed by atoms with Gasteiger partial charge < -0.3 is 24.5 Å². The fraction of sp³-hybridized carbons (Fsp3) is 0.250. The summed E-state index contributed by atoms with van der Waals surface area (Å²) in [7, 11) is 0. The van der Waals surface area contributed by atoms with Crippen molar-refractivity contribution in [2.45, 2.75) is 13.0 Å². The largest absolute Gasteiger partial charge is 0.488 e. The average Bonchev–Trinajstić information content (AvgIpc) is 3.23. The minimum atomic E-state index is -0.681. The van der Waals surface area contributed by atoms with Gasteiger partial charge in [-0.25, -0.2) is 9.97 Å². The Hall–Kier alpha value is -3.89. The summed E-state index contributed by atoms with van der Waals surface area (Å²) in [6, 6.07) is 10.2. The molecule has 0 unspecified atom stereocenters. The third kappa shape index (κ3) is 4.59. The molecule has 1 fully saturated rings. The molecule has 1 saturated heterocycles. The molecule has 1 atom stereocenters. The van der Waals surface area contributed by atoms with Crippen LogP contribution < -0.4 is 10.1 Å². The Morgan fingerprint density at radius 2 is 2.15 bits per heavy atom. The lowest BCUT2D eigenvalue weighted by atomic mass is 10.0. The van der Waals surface area contributed by atoms with Crippen LogP contribution >= 0.6 is 0 Å². The quantitative estimate of drug-likeness (QED) is 0.421. The molecule has 0 radical (unpaired) electrons. The molecule has 0 spiro atoms. The maximum atomic E-state index is 14.6. The first-order chi connectivity index (χ1) is 16.6. The van der Waals surface area contributed by atoms with E-state index in [4.69, 9.17) is 14.2 Å². The summed E-state index contributed by atoms with van der Waals surface area (Å²) in [5.41, 5.74) is 3.47. The average molecular weight is 463 g/mol. The summed E-state index contributed by atoms with van der Waals surface area (Å²) < 4.78 is 31.6. The van der Waals surface area contributed by atoms with Crippen LogP contribution in [0.4, 0.5) is 10.2 Å². The van der Waals surface area contributed by atoms with Crippen LogP contribution in [0.25, 0.3) is 33.5 Å². The van der Waals surface area contributed by atoms with Gasteiger partial charge in [0.25, 0.3) is 0 Å². The number of rotatable bonds is 6. The zero-order valence-corrected chi connectivity index (χ0v) is 18.4. The first kappa shape index (κ1) is 21.9. The van der Waals surface area contributed by atoms with Gasteiger partial charge in [0.15, 0.2) is 0 Å². The minimum Gasteiger partial charge on any atom is -0.488 e. The molecular formula is C24H22FN5O4. The minimum absolute atomic E-state index is 0.202. The highest BCUT2D eigenvalue weighted by Crippen LogP contribution is 2.40. The SMILES string of the molecule is CC(=O)Nc1cc(-c2[nH]c3c(OC[C@H]4COCCO4)cc(F)nc3c2-c2ccccn2)ccn1. The zero-order chi connectivity index (χ0) is 23.5. The molecule has 174 valence electrons. The first-order valence-electron chi connectivity index (χ1n) is 10.8. The van der Waals surface area contributed by atoms with E-state index < -0.39 is 5.95 Å². The van der Waals surface area contributed by atoms with Gasteiger partial charge in [0.2, 0.25) is 11.9 Å². The van der Waals surface area contributed by atoms with Crippen LogP contribution in [0.2, 0.25) is 0 Å². The van der Waals surface area contributed by atoms with Crippen LogP contribution in [-0.4, -0.2) is 58.4 Å². The van der Waals surface area contributed by atoms with Gasteiger partial charge in [-0.15, -0.1) is 0 Å². The topological polar surface area (TPSA) is 111 Å². The second kappa shape index (κ2) is 9.54. The number of pyridine rings is 3. The summed E-state index contributed by atoms with van der Waals surface area (Å²) in [5, 5.41) is 2.68. The first-order valence-corrected chi connectivity index (χ1v) is 10.8. The molecule has 34 heavy (non-hydrogen) atoms. The fourth-order valence-corrected chi connectivity index (χ4v) is 3.84. The van der Waals surface area contributed by atoms with Gasteiger partial charge in [0.05, 0.1) is 36.8 Å². The maximum absolute atomic E-state index is 14.6. The van der Waals surface area contributed by atoms with Crippen LogP contribution in [0.1, 0.15) is 6.92 Å². The number of hydrogen-bond acceptors (Lipinski definition) is 7. The number of nitrogens with zero attached hydrogens (tertiary/aromatic N) is 3. The number of aromatic amines is 1. The van der Waals surface area contributed by atoms with E-state index in [0.717, 1.165) is 0 Å². The van der Waals surface area contributed by atoms with E-state index in [9.17, 15) is 9.18 Å². The molecule has 9 nitrogen and oxygen atoms in total. The van der Waals surface area contributed by atoms with Crippen molar-refractivity contribution in [1.82, 2.24) is 19.9 Å². The fourth-order valence-electron chi connectivity index (χ4n) is 3.84. The third-order valence-electron chi connectivity index (χ3n) is 5.27. The maximum Gasteiger partial charge on any atom is 0.222 e. The molecule has 1 aliphatic heterocycles. The van der Waals surface area contributed by atoms with E-state index in [0.29, 0.717) is 64.9 Å². The van der Waals surface area contributed by atoms with Gasteiger partial charge >= 0.3 is 0 Å². The van der Waals surface area contributed by atoms with Gasteiger partial charge in [-0.05, 0) is 24.3 Å². The van der Waals surface area contributed by atoms with Crippen molar-refractivity contribution in [3.63, 3.8) is 0 Å². The summed E-state index contributed by atoms with van der Waals surface area (Å²) in [6.45, 7) is 3.06. The predicted molar refractivity (Wildman–Crippen MR) is 123 cm³/mol. The van der Waals surface area contributed by atoms with Gasteiger partial charge in [0, 0.05) is 30.9 Å². The number of hydrogen-bond donors (Lipinski definition) is 2. The molecule has 4 aromatic heterocycles. The van der Waals surface area contributed by atoms with Crippen molar-refractivity contribution >= 4 is 22.8 Å². The van der Waals surface area contributed by atoms with E-state index in [1.54, 1.807) is 30.6 Å². The van der Waals surface area contributed by atoms with Crippen molar-refractivity contribution in [3.8, 4) is 28.3 Å². The molecule has 0 aromatic carbocycles. The van der Waals surface area contributed by atoms with Gasteiger partial charge in [-0.3, -0.25) is 9.78 Å². The van der Waals surface area contributed by atoms with Gasteiger partial charge in [-0.2, -0.15) is 4.39 Å². The number of fused-ring (bicyclic) bond motifs is 1. The lowest BCUT2D eigenvalue weighted by Gasteiger charge is -2.23. The molecule has 0 aliphatic carbocycles. The van der Waals surface area contributed by atoms with Crippen molar-refractivity contribution in [3.05, 3.63) is 54.7 Å². The number of carbonyl (C=O) groups excluding carboxylic acids is 1. The van der Waals surface area contributed by atoms with E-state index in [1.165, 1.54) is 13.0 Å². The van der Waals surface area contributed by atoms with Crippen LogP contribution in [0.3, 0.4) is 0 Å². The van der Waals surface area contributed by atoms with Crippen LogP contribution in [0, 0.1) is 5.95 Å². The molecule has 4 aromatic rings. The molecule has 1 amide bonds. The van der Waals surface area contributed by atoms with E-state index in [2.05, 4.69) is 25.3 Å². The molecule has 2 N–H and O–H groups in total. The van der Waals surface area contributed by atoms with Gasteiger partial charge in [0.1, 0.15) is 35.3 Å². The summed E-state index contributed by atoms with van der Waals surface area (Å²) >= 11 is 0. The Morgan fingerprint density at radius 1 is 1.24 bits per heavy atom. The molecule has 1 aliphatic rings. The Labute approximate surface area is 194 Å². The number of amides is 1. The molecule has 10 heteroatoms. The van der Waals surface area contributed by atoms with Gasteiger partial charge in [-0.1, -0.05) is 6.07 Å². The Morgan fingerprint density at radius 3 is 2.91 bits per heavy atom. The monoisotopic (exact) mass is 463 g/mol. The molecular weight excluding hydrogens is 441 g/mol. The van der Waals surface area contributed by atoms with Crippen LogP contribution in [-0.2, 0) is 14.3 Å². The molecule has 0 saturated carbocycles. The molecule has 5 rings (SSSR count). The second-order valence-electron chi connectivity index (χ2n) is 7.75. The molecule has 0 bridgehead atoms. The Balaban J connectivity index is 1.63. The number of anilines is 1. The van der Waals surface area contributed by atoms with Crippen LogP contribution in [0.15, 0.2) is 48.8 Å². The van der Waals surface area contributed by atoms with E-state index >= 15 is 0 Å². The van der Waals surface area contributed by atoms with E-state index in [-0.39, 0.29) is 18.6 Å². The van der Waals surface area contributed by atoms with Crippen molar-refractivity contribution in [1.29, 1.82) is 0 Å². The highest BCUT2D eigenvalue weighted by Gasteiger charge is 2.23. The van der Waals surface area contributed by atoms with Crippen molar-refractivity contribution < 1.29 is 23.4 Å². The third-order valence-corrected chi connectivity index (χ3v) is 5.27. The predicted octanol–water partition coefficient (Wildman–Crippen LogP) is 3.58.